The number of rotatable bonds is 6. The van der Waals surface area contributed by atoms with Crippen LogP contribution >= 0.6 is 0 Å². The number of hydrogen-bond donors (Lipinski definition) is 1. The fourth-order valence-corrected chi connectivity index (χ4v) is 2.07. The van der Waals surface area contributed by atoms with E-state index in [0.29, 0.717) is 23.3 Å². The summed E-state index contributed by atoms with van der Waals surface area (Å²) in [4.78, 5) is 21.7. The predicted molar refractivity (Wildman–Crippen MR) is 87.5 cm³/mol. The van der Waals surface area contributed by atoms with Crippen molar-refractivity contribution in [1.29, 1.82) is 5.26 Å². The highest BCUT2D eigenvalue weighted by molar-refractivity contribution is 5.76. The zero-order valence-corrected chi connectivity index (χ0v) is 13.6. The molecule has 0 amide bonds. The number of carbonyl (C=O) groups excluding carboxylic acids is 1. The Hall–Kier alpha value is -3.61. The Morgan fingerprint density at radius 3 is 2.44 bits per heavy atom. The molecule has 10 heteroatoms. The third-order valence-corrected chi connectivity index (χ3v) is 3.43. The Bertz CT molecular complexity index is 890. The number of nitro benzene ring substituents is 1. The molecule has 0 aliphatic carbocycles. The van der Waals surface area contributed by atoms with E-state index in [9.17, 15) is 28.1 Å². The fraction of sp³-hybridized carbons (Fsp3) is 0.176. The summed E-state index contributed by atoms with van der Waals surface area (Å²) in [5.74, 6) is -0.756. The number of nitrogens with zero attached hydrogens (tertiary/aromatic N) is 2. The van der Waals surface area contributed by atoms with Crippen molar-refractivity contribution in [3.8, 4) is 6.07 Å². The van der Waals surface area contributed by atoms with E-state index in [2.05, 4.69) is 5.32 Å². The first-order chi connectivity index (χ1) is 12.7. The van der Waals surface area contributed by atoms with Crippen LogP contribution < -0.4 is 5.32 Å². The summed E-state index contributed by atoms with van der Waals surface area (Å²) in [5, 5.41) is 22.1. The van der Waals surface area contributed by atoms with Crippen molar-refractivity contribution >= 4 is 17.3 Å². The van der Waals surface area contributed by atoms with E-state index in [4.69, 9.17) is 10.00 Å². The number of esters is 1. The van der Waals surface area contributed by atoms with Gasteiger partial charge in [0.1, 0.15) is 18.8 Å². The highest BCUT2D eigenvalue weighted by Gasteiger charge is 2.33. The van der Waals surface area contributed by atoms with Crippen LogP contribution in [0.15, 0.2) is 42.5 Å². The van der Waals surface area contributed by atoms with E-state index in [1.54, 1.807) is 24.3 Å². The van der Waals surface area contributed by atoms with E-state index in [1.807, 2.05) is 6.07 Å². The molecule has 0 aliphatic rings. The van der Waals surface area contributed by atoms with Crippen molar-refractivity contribution in [2.45, 2.75) is 12.8 Å². The Morgan fingerprint density at radius 1 is 1.22 bits per heavy atom. The highest BCUT2D eigenvalue weighted by atomic mass is 19.4. The van der Waals surface area contributed by atoms with Gasteiger partial charge in [0.05, 0.1) is 22.1 Å². The molecule has 0 radical (unpaired) electrons. The van der Waals surface area contributed by atoms with Crippen LogP contribution in [0.1, 0.15) is 16.7 Å². The topological polar surface area (TPSA) is 105 Å². The monoisotopic (exact) mass is 379 g/mol. The first kappa shape index (κ1) is 19.7. The number of benzene rings is 2. The Kier molecular flexibility index (Phi) is 5.97. The summed E-state index contributed by atoms with van der Waals surface area (Å²) in [5.41, 5.74) is -1.12. The molecule has 0 aliphatic heterocycles. The summed E-state index contributed by atoms with van der Waals surface area (Å²) in [6.07, 6.45) is -4.72. The molecular weight excluding hydrogens is 367 g/mol. The number of ether oxygens (including phenoxy) is 1. The van der Waals surface area contributed by atoms with E-state index in [1.165, 1.54) is 0 Å². The molecule has 0 bridgehead atoms. The minimum Gasteiger partial charge on any atom is -0.460 e. The number of anilines is 1. The number of carbonyl (C=O) groups is 1. The molecule has 0 saturated carbocycles. The van der Waals surface area contributed by atoms with Gasteiger partial charge in [-0.25, -0.2) is 0 Å². The largest absolute Gasteiger partial charge is 0.460 e. The molecule has 0 fully saturated rings. The third kappa shape index (κ3) is 5.43. The zero-order valence-electron chi connectivity index (χ0n) is 13.6. The lowest BCUT2D eigenvalue weighted by molar-refractivity contribution is -0.384. The van der Waals surface area contributed by atoms with E-state index < -0.39 is 34.9 Å². The van der Waals surface area contributed by atoms with Gasteiger partial charge in [-0.1, -0.05) is 12.1 Å². The second kappa shape index (κ2) is 8.18. The van der Waals surface area contributed by atoms with Crippen molar-refractivity contribution in [3.63, 3.8) is 0 Å². The molecule has 140 valence electrons. The molecule has 0 unspecified atom stereocenters. The van der Waals surface area contributed by atoms with Crippen molar-refractivity contribution in [3.05, 3.63) is 69.3 Å². The molecule has 0 atom stereocenters. The lowest BCUT2D eigenvalue weighted by Crippen LogP contribution is -2.17. The number of nitriles is 1. The molecule has 27 heavy (non-hydrogen) atoms. The summed E-state index contributed by atoms with van der Waals surface area (Å²) < 4.78 is 42.9. The molecule has 0 aromatic heterocycles. The fourth-order valence-electron chi connectivity index (χ4n) is 2.07. The van der Waals surface area contributed by atoms with Crippen LogP contribution in [0.2, 0.25) is 0 Å². The molecule has 0 heterocycles. The van der Waals surface area contributed by atoms with Crippen LogP contribution in [-0.4, -0.2) is 17.4 Å². The van der Waals surface area contributed by atoms with Crippen molar-refractivity contribution in [1.82, 2.24) is 0 Å². The van der Waals surface area contributed by atoms with Gasteiger partial charge in [-0.05, 0) is 29.8 Å². The van der Waals surface area contributed by atoms with E-state index in [0.717, 1.165) is 6.07 Å². The van der Waals surface area contributed by atoms with Gasteiger partial charge in [-0.2, -0.15) is 18.4 Å². The number of alkyl halides is 3. The van der Waals surface area contributed by atoms with Crippen LogP contribution in [0.25, 0.3) is 0 Å². The number of nitro groups is 1. The third-order valence-electron chi connectivity index (χ3n) is 3.43. The SMILES string of the molecule is N#Cc1ccc(COC(=O)CNc2ccc(C(F)(F)F)cc2[N+](=O)[O-])cc1. The Labute approximate surface area is 151 Å². The van der Waals surface area contributed by atoms with E-state index in [-0.39, 0.29) is 12.3 Å². The molecule has 7 nitrogen and oxygen atoms in total. The van der Waals surface area contributed by atoms with Crippen LogP contribution in [0.5, 0.6) is 0 Å². The van der Waals surface area contributed by atoms with Gasteiger partial charge < -0.3 is 10.1 Å². The summed E-state index contributed by atoms with van der Waals surface area (Å²) in [6.45, 7) is -0.552. The number of halogens is 3. The number of hydrogen-bond acceptors (Lipinski definition) is 6. The normalized spacial score (nSPS) is 10.7. The van der Waals surface area contributed by atoms with Gasteiger partial charge in [0, 0.05) is 6.07 Å². The average Bonchev–Trinajstić information content (AvgIpc) is 2.64. The van der Waals surface area contributed by atoms with Crippen LogP contribution in [0, 0.1) is 21.4 Å². The first-order valence-electron chi connectivity index (χ1n) is 7.45. The first-order valence-corrected chi connectivity index (χ1v) is 7.45. The van der Waals surface area contributed by atoms with E-state index >= 15 is 0 Å². The molecule has 2 aromatic rings. The maximum absolute atomic E-state index is 12.7. The van der Waals surface area contributed by atoms with Gasteiger partial charge in [-0.15, -0.1) is 0 Å². The Balaban J connectivity index is 1.97. The summed E-state index contributed by atoms with van der Waals surface area (Å²) in [7, 11) is 0. The second-order valence-corrected chi connectivity index (χ2v) is 5.31. The average molecular weight is 379 g/mol. The van der Waals surface area contributed by atoms with Gasteiger partial charge in [0.25, 0.3) is 5.69 Å². The molecule has 1 N–H and O–H groups in total. The lowest BCUT2D eigenvalue weighted by atomic mass is 10.1. The van der Waals surface area contributed by atoms with Crippen LogP contribution in [-0.2, 0) is 22.3 Å². The standard InChI is InChI=1S/C17H12F3N3O4/c18-17(19,20)13-5-6-14(15(7-13)23(25)26)22-9-16(24)27-10-12-3-1-11(8-21)2-4-12/h1-7,22H,9-10H2. The van der Waals surface area contributed by atoms with Gasteiger partial charge >= 0.3 is 12.1 Å². The van der Waals surface area contributed by atoms with Crippen LogP contribution in [0.4, 0.5) is 24.5 Å². The van der Waals surface area contributed by atoms with Gasteiger partial charge in [-0.3, -0.25) is 14.9 Å². The van der Waals surface area contributed by atoms with Crippen LogP contribution in [0.3, 0.4) is 0 Å². The number of nitrogens with one attached hydrogen (secondary N) is 1. The summed E-state index contributed by atoms with van der Waals surface area (Å²) in [6, 6.07) is 10.2. The minimum absolute atomic E-state index is 0.0820. The highest BCUT2D eigenvalue weighted by Crippen LogP contribution is 2.34. The summed E-state index contributed by atoms with van der Waals surface area (Å²) >= 11 is 0. The molecule has 0 saturated heterocycles. The molecular formula is C17H12F3N3O4. The van der Waals surface area contributed by atoms with Crippen molar-refractivity contribution in [2.75, 3.05) is 11.9 Å². The van der Waals surface area contributed by atoms with Gasteiger partial charge in [0.2, 0.25) is 0 Å². The molecule has 2 rings (SSSR count). The van der Waals surface area contributed by atoms with Crippen molar-refractivity contribution < 1.29 is 27.6 Å². The zero-order chi connectivity index (χ0) is 20.0. The maximum Gasteiger partial charge on any atom is 0.416 e. The smallest absolute Gasteiger partial charge is 0.416 e. The Morgan fingerprint density at radius 2 is 1.89 bits per heavy atom. The van der Waals surface area contributed by atoms with Crippen molar-refractivity contribution in [2.24, 2.45) is 0 Å². The maximum atomic E-state index is 12.7. The minimum atomic E-state index is -4.72. The predicted octanol–water partition coefficient (Wildman–Crippen LogP) is 3.64. The van der Waals surface area contributed by atoms with Gasteiger partial charge in [0.15, 0.2) is 0 Å². The molecule has 0 spiro atoms. The second-order valence-electron chi connectivity index (χ2n) is 5.31. The molecule has 2 aromatic carbocycles. The quantitative estimate of drug-likeness (QED) is 0.467. The lowest BCUT2D eigenvalue weighted by Gasteiger charge is -2.10.